The highest BCUT2D eigenvalue weighted by Gasteiger charge is 2.23. The number of aromatic nitrogens is 4. The van der Waals surface area contributed by atoms with Crippen molar-refractivity contribution in [2.24, 2.45) is 7.05 Å². The maximum absolute atomic E-state index is 12.6. The van der Waals surface area contributed by atoms with Crippen LogP contribution >= 0.6 is 0 Å². The maximum atomic E-state index is 12.6. The maximum Gasteiger partial charge on any atom is 0.309 e. The number of rotatable bonds is 6. The summed E-state index contributed by atoms with van der Waals surface area (Å²) in [4.78, 5) is 35.2. The molecule has 0 aliphatic rings. The molecule has 2 N–H and O–H groups in total. The minimum atomic E-state index is -0.768. The van der Waals surface area contributed by atoms with Gasteiger partial charge >= 0.3 is 5.69 Å². The van der Waals surface area contributed by atoms with E-state index in [1.807, 2.05) is 0 Å². The van der Waals surface area contributed by atoms with E-state index in [2.05, 4.69) is 20.8 Å². The van der Waals surface area contributed by atoms with Crippen LogP contribution in [-0.2, 0) is 11.8 Å². The summed E-state index contributed by atoms with van der Waals surface area (Å²) in [6.07, 6.45) is 2.78. The van der Waals surface area contributed by atoms with Crippen LogP contribution in [0.2, 0.25) is 0 Å². The molecule has 2 heterocycles. The van der Waals surface area contributed by atoms with E-state index in [1.54, 1.807) is 50.5 Å². The van der Waals surface area contributed by atoms with E-state index in [9.17, 15) is 19.7 Å². The topological polar surface area (TPSA) is 137 Å². The Labute approximate surface area is 165 Å². The fourth-order valence-electron chi connectivity index (χ4n) is 2.75. The van der Waals surface area contributed by atoms with Gasteiger partial charge in [0.2, 0.25) is 5.91 Å². The van der Waals surface area contributed by atoms with Gasteiger partial charge in [0.15, 0.2) is 5.69 Å². The number of carbonyl (C=O) groups excluding carboxylic acids is 2. The Balaban J connectivity index is 1.70. The lowest BCUT2D eigenvalue weighted by Crippen LogP contribution is -2.25. The molecule has 2 amide bonds. The fraction of sp³-hybridized carbons (Fsp3) is 0.222. The van der Waals surface area contributed by atoms with Crippen molar-refractivity contribution in [1.29, 1.82) is 0 Å². The molecule has 11 nitrogen and oxygen atoms in total. The molecular formula is C18H19N7O4. The van der Waals surface area contributed by atoms with Gasteiger partial charge in [0.05, 0.1) is 4.92 Å². The standard InChI is InChI=1S/C18H19N7O4/c1-11-16(25(28)29)10-19-24(11)12(2)17(26)20-13-5-4-6-14(9-13)21-18(27)15-7-8-23(3)22-15/h4-10,12H,1-3H3,(H,20,26)(H,21,27). The number of nitro groups is 1. The van der Waals surface area contributed by atoms with E-state index in [0.29, 0.717) is 11.4 Å². The van der Waals surface area contributed by atoms with E-state index >= 15 is 0 Å². The van der Waals surface area contributed by atoms with Crippen molar-refractivity contribution in [3.63, 3.8) is 0 Å². The number of benzene rings is 1. The first kappa shape index (κ1) is 19.7. The van der Waals surface area contributed by atoms with E-state index in [1.165, 1.54) is 16.3 Å². The molecule has 0 bridgehead atoms. The number of nitrogens with zero attached hydrogens (tertiary/aromatic N) is 5. The van der Waals surface area contributed by atoms with Crippen molar-refractivity contribution in [2.45, 2.75) is 19.9 Å². The normalized spacial score (nSPS) is 11.7. The Bertz CT molecular complexity index is 1090. The van der Waals surface area contributed by atoms with Crippen LogP contribution in [0.5, 0.6) is 0 Å². The average Bonchev–Trinajstić information content (AvgIpc) is 3.27. The molecule has 0 spiro atoms. The van der Waals surface area contributed by atoms with Crippen molar-refractivity contribution in [1.82, 2.24) is 19.6 Å². The van der Waals surface area contributed by atoms with Gasteiger partial charge in [0.1, 0.15) is 17.9 Å². The largest absolute Gasteiger partial charge is 0.324 e. The highest BCUT2D eigenvalue weighted by molar-refractivity contribution is 6.03. The number of anilines is 2. The number of nitrogens with one attached hydrogen (secondary N) is 2. The van der Waals surface area contributed by atoms with Gasteiger partial charge in [-0.25, -0.2) is 0 Å². The lowest BCUT2D eigenvalue weighted by atomic mass is 10.2. The predicted octanol–water partition coefficient (Wildman–Crippen LogP) is 2.29. The number of hydrogen-bond acceptors (Lipinski definition) is 6. The van der Waals surface area contributed by atoms with Gasteiger partial charge in [0.25, 0.3) is 5.91 Å². The van der Waals surface area contributed by atoms with Crippen LogP contribution in [0, 0.1) is 17.0 Å². The first-order chi connectivity index (χ1) is 13.8. The molecule has 0 radical (unpaired) electrons. The van der Waals surface area contributed by atoms with E-state index < -0.39 is 16.9 Å². The summed E-state index contributed by atoms with van der Waals surface area (Å²) >= 11 is 0. The molecule has 0 fully saturated rings. The quantitative estimate of drug-likeness (QED) is 0.484. The minimum absolute atomic E-state index is 0.149. The van der Waals surface area contributed by atoms with Crippen molar-refractivity contribution in [3.8, 4) is 0 Å². The molecule has 0 saturated carbocycles. The zero-order valence-corrected chi connectivity index (χ0v) is 16.0. The lowest BCUT2D eigenvalue weighted by Gasteiger charge is -2.14. The molecule has 3 rings (SSSR count). The Kier molecular flexibility index (Phi) is 5.39. The van der Waals surface area contributed by atoms with Gasteiger partial charge in [-0.3, -0.25) is 29.1 Å². The Morgan fingerprint density at radius 3 is 2.48 bits per heavy atom. The van der Waals surface area contributed by atoms with Crippen molar-refractivity contribution >= 4 is 28.9 Å². The molecule has 1 unspecified atom stereocenters. The monoisotopic (exact) mass is 397 g/mol. The molecule has 2 aromatic heterocycles. The van der Waals surface area contributed by atoms with Crippen molar-refractivity contribution in [3.05, 3.63) is 64.2 Å². The zero-order chi connectivity index (χ0) is 21.1. The van der Waals surface area contributed by atoms with Crippen LogP contribution in [-0.4, -0.2) is 36.3 Å². The van der Waals surface area contributed by atoms with Gasteiger partial charge in [-0.2, -0.15) is 10.2 Å². The molecule has 11 heteroatoms. The van der Waals surface area contributed by atoms with Crippen molar-refractivity contribution < 1.29 is 14.5 Å². The highest BCUT2D eigenvalue weighted by atomic mass is 16.6. The number of aryl methyl sites for hydroxylation is 1. The second-order valence-electron chi connectivity index (χ2n) is 6.39. The minimum Gasteiger partial charge on any atom is -0.324 e. The summed E-state index contributed by atoms with van der Waals surface area (Å²) in [5, 5.41) is 24.4. The second-order valence-corrected chi connectivity index (χ2v) is 6.39. The van der Waals surface area contributed by atoms with Gasteiger partial charge < -0.3 is 10.6 Å². The van der Waals surface area contributed by atoms with Gasteiger partial charge in [-0.1, -0.05) is 6.07 Å². The molecule has 1 atom stereocenters. The first-order valence-electron chi connectivity index (χ1n) is 8.66. The summed E-state index contributed by atoms with van der Waals surface area (Å²) in [6, 6.07) is 7.45. The van der Waals surface area contributed by atoms with Crippen LogP contribution in [0.15, 0.2) is 42.7 Å². The molecular weight excluding hydrogens is 378 g/mol. The first-order valence-corrected chi connectivity index (χ1v) is 8.66. The molecule has 0 saturated heterocycles. The summed E-state index contributed by atoms with van der Waals surface area (Å²) in [5.74, 6) is -0.777. The van der Waals surface area contributed by atoms with Crippen molar-refractivity contribution in [2.75, 3.05) is 10.6 Å². The Morgan fingerprint density at radius 1 is 1.21 bits per heavy atom. The van der Waals surface area contributed by atoms with Gasteiger partial charge in [-0.15, -0.1) is 0 Å². The van der Waals surface area contributed by atoms with Gasteiger partial charge in [0, 0.05) is 24.6 Å². The van der Waals surface area contributed by atoms with E-state index in [0.717, 1.165) is 6.20 Å². The Morgan fingerprint density at radius 2 is 1.90 bits per heavy atom. The summed E-state index contributed by atoms with van der Waals surface area (Å²) in [5.41, 5.74) is 1.35. The van der Waals surface area contributed by atoms with Crippen LogP contribution in [0.4, 0.5) is 17.1 Å². The van der Waals surface area contributed by atoms with E-state index in [4.69, 9.17) is 0 Å². The third-order valence-corrected chi connectivity index (χ3v) is 4.30. The van der Waals surface area contributed by atoms with Crippen LogP contribution < -0.4 is 10.6 Å². The molecule has 1 aromatic carbocycles. The number of amides is 2. The van der Waals surface area contributed by atoms with Crippen LogP contribution in [0.25, 0.3) is 0 Å². The molecule has 29 heavy (non-hydrogen) atoms. The van der Waals surface area contributed by atoms with Crippen LogP contribution in [0.1, 0.15) is 29.1 Å². The van der Waals surface area contributed by atoms with Gasteiger partial charge in [-0.05, 0) is 38.1 Å². The highest BCUT2D eigenvalue weighted by Crippen LogP contribution is 2.22. The lowest BCUT2D eigenvalue weighted by molar-refractivity contribution is -0.385. The third kappa shape index (κ3) is 4.29. The third-order valence-electron chi connectivity index (χ3n) is 4.30. The van der Waals surface area contributed by atoms with E-state index in [-0.39, 0.29) is 23.0 Å². The zero-order valence-electron chi connectivity index (χ0n) is 16.0. The summed E-state index contributed by atoms with van der Waals surface area (Å²) < 4.78 is 2.81. The predicted molar refractivity (Wildman–Crippen MR) is 105 cm³/mol. The number of hydrogen-bond donors (Lipinski definition) is 2. The molecule has 0 aliphatic carbocycles. The smallest absolute Gasteiger partial charge is 0.309 e. The average molecular weight is 397 g/mol. The number of carbonyl (C=O) groups is 2. The van der Waals surface area contributed by atoms with Crippen LogP contribution in [0.3, 0.4) is 0 Å². The Hall–Kier alpha value is -4.02. The second kappa shape index (κ2) is 7.92. The fourth-order valence-corrected chi connectivity index (χ4v) is 2.75. The SMILES string of the molecule is Cc1c([N+](=O)[O-])cnn1C(C)C(=O)Nc1cccc(NC(=O)c2ccn(C)n2)c1. The molecule has 3 aromatic rings. The molecule has 0 aliphatic heterocycles. The summed E-state index contributed by atoms with van der Waals surface area (Å²) in [6.45, 7) is 3.12. The molecule has 150 valence electrons. The summed E-state index contributed by atoms with van der Waals surface area (Å²) in [7, 11) is 1.71.